The number of ether oxygens (including phenoxy) is 2. The first-order valence-electron chi connectivity index (χ1n) is 15.0. The number of hydrogen-bond acceptors (Lipinski definition) is 5. The lowest BCUT2D eigenvalue weighted by atomic mass is 9.94. The van der Waals surface area contributed by atoms with Crippen LogP contribution in [0.5, 0.6) is 0 Å². The van der Waals surface area contributed by atoms with Crippen molar-refractivity contribution in [1.82, 2.24) is 9.80 Å². The molecule has 2 heterocycles. The Morgan fingerprint density at radius 3 is 1.77 bits per heavy atom. The number of nitrogens with two attached hydrogens (primary N) is 1. The van der Waals surface area contributed by atoms with E-state index < -0.39 is 5.91 Å². The summed E-state index contributed by atoms with van der Waals surface area (Å²) in [6, 6.07) is 33.4. The fourth-order valence-electron chi connectivity index (χ4n) is 5.65. The Bertz CT molecular complexity index is 1560. The van der Waals surface area contributed by atoms with E-state index in [-0.39, 0.29) is 12.2 Å². The van der Waals surface area contributed by atoms with E-state index in [1.807, 2.05) is 30.3 Å². The Labute approximate surface area is 269 Å². The zero-order chi connectivity index (χ0) is 30.9. The minimum absolute atomic E-state index is 0.0352. The molecule has 4 aromatic carbocycles. The minimum atomic E-state index is -0.440. The molecule has 0 spiro atoms. The summed E-state index contributed by atoms with van der Waals surface area (Å²) >= 11 is 3.57. The number of halogens is 1. The molecule has 44 heavy (non-hydrogen) atoms. The van der Waals surface area contributed by atoms with Gasteiger partial charge >= 0.3 is 0 Å². The molecular weight excluding hydrogens is 614 g/mol. The van der Waals surface area contributed by atoms with E-state index in [2.05, 4.69) is 107 Å². The lowest BCUT2D eigenvalue weighted by Gasteiger charge is -2.28. The van der Waals surface area contributed by atoms with Crippen LogP contribution in [0.25, 0.3) is 6.08 Å². The molecule has 4 aromatic rings. The fraction of sp³-hybridized carbons (Fsp3) is 0.270. The second kappa shape index (κ2) is 15.4. The van der Waals surface area contributed by atoms with Gasteiger partial charge in [-0.3, -0.25) is 14.6 Å². The normalized spacial score (nSPS) is 19.3. The predicted molar refractivity (Wildman–Crippen MR) is 180 cm³/mol. The highest BCUT2D eigenvalue weighted by atomic mass is 79.9. The van der Waals surface area contributed by atoms with Crippen molar-refractivity contribution in [2.24, 2.45) is 5.73 Å². The summed E-state index contributed by atoms with van der Waals surface area (Å²) in [6.07, 6.45) is 3.11. The first-order chi connectivity index (χ1) is 21.4. The lowest BCUT2D eigenvalue weighted by molar-refractivity contribution is -0.113. The number of primary amides is 1. The maximum atomic E-state index is 11.0. The van der Waals surface area contributed by atoms with Crippen LogP contribution in [-0.4, -0.2) is 56.1 Å². The number of carbonyl (C=O) groups is 1. The van der Waals surface area contributed by atoms with Crippen molar-refractivity contribution in [2.45, 2.75) is 25.3 Å². The van der Waals surface area contributed by atoms with Crippen LogP contribution < -0.4 is 5.73 Å². The van der Waals surface area contributed by atoms with Crippen LogP contribution in [0.3, 0.4) is 0 Å². The Morgan fingerprint density at radius 2 is 1.25 bits per heavy atom. The van der Waals surface area contributed by atoms with Crippen molar-refractivity contribution >= 4 is 27.9 Å². The molecule has 0 saturated heterocycles. The summed E-state index contributed by atoms with van der Waals surface area (Å²) in [4.78, 5) is 15.5. The van der Waals surface area contributed by atoms with E-state index in [9.17, 15) is 4.79 Å². The molecule has 6 nitrogen and oxygen atoms in total. The molecule has 2 atom stereocenters. The Morgan fingerprint density at radius 1 is 0.750 bits per heavy atom. The average Bonchev–Trinajstić information content (AvgIpc) is 3.01. The first kappa shape index (κ1) is 31.8. The zero-order valence-corrected chi connectivity index (χ0v) is 27.0. The van der Waals surface area contributed by atoms with Gasteiger partial charge in [0.2, 0.25) is 5.91 Å². The van der Waals surface area contributed by atoms with E-state index in [1.54, 1.807) is 6.08 Å². The molecule has 2 unspecified atom stereocenters. The molecule has 0 fully saturated rings. The van der Waals surface area contributed by atoms with Gasteiger partial charge in [-0.25, -0.2) is 0 Å². The molecule has 228 valence electrons. The van der Waals surface area contributed by atoms with Crippen LogP contribution in [-0.2, 0) is 27.4 Å². The summed E-state index contributed by atoms with van der Waals surface area (Å²) in [6.45, 7) is 5.09. The van der Waals surface area contributed by atoms with Crippen LogP contribution in [0.15, 0.2) is 108 Å². The van der Waals surface area contributed by atoms with Crippen molar-refractivity contribution in [1.29, 1.82) is 0 Å². The molecule has 0 bridgehead atoms. The second-order valence-corrected chi connectivity index (χ2v) is 12.3. The van der Waals surface area contributed by atoms with E-state index in [0.717, 1.165) is 48.4 Å². The molecule has 0 aromatic heterocycles. The van der Waals surface area contributed by atoms with Crippen molar-refractivity contribution in [3.8, 4) is 0 Å². The van der Waals surface area contributed by atoms with Gasteiger partial charge in [-0.05, 0) is 71.2 Å². The predicted octanol–water partition coefficient (Wildman–Crippen LogP) is 6.74. The van der Waals surface area contributed by atoms with Crippen molar-refractivity contribution in [3.63, 3.8) is 0 Å². The van der Waals surface area contributed by atoms with E-state index >= 15 is 0 Å². The highest BCUT2D eigenvalue weighted by Crippen LogP contribution is 2.33. The molecular formula is C37H40BrN3O3. The largest absolute Gasteiger partial charge is 0.367 e. The van der Waals surface area contributed by atoms with Crippen LogP contribution >= 0.6 is 15.9 Å². The third-order valence-electron chi connectivity index (χ3n) is 7.88. The number of amides is 1. The number of nitrogens with zero attached hydrogens (tertiary/aromatic N) is 2. The van der Waals surface area contributed by atoms with Gasteiger partial charge < -0.3 is 15.2 Å². The number of hydrogen-bond donors (Lipinski definition) is 1. The quantitative estimate of drug-likeness (QED) is 0.247. The number of fused-ring (bicyclic) bond motifs is 2. The number of benzene rings is 4. The van der Waals surface area contributed by atoms with Gasteiger partial charge in [0.25, 0.3) is 0 Å². The summed E-state index contributed by atoms with van der Waals surface area (Å²) in [5.41, 5.74) is 13.5. The smallest absolute Gasteiger partial charge is 0.241 e. The molecule has 2 aliphatic rings. The summed E-state index contributed by atoms with van der Waals surface area (Å²) in [7, 11) is 4.22. The van der Waals surface area contributed by atoms with Crippen molar-refractivity contribution < 1.29 is 14.3 Å². The molecule has 0 radical (unpaired) electrons. The second-order valence-electron chi connectivity index (χ2n) is 11.3. The topological polar surface area (TPSA) is 68.0 Å². The number of carbonyl (C=O) groups excluding carboxylic acids is 1. The van der Waals surface area contributed by atoms with E-state index in [0.29, 0.717) is 6.61 Å². The van der Waals surface area contributed by atoms with Crippen LogP contribution in [0.1, 0.15) is 51.2 Å². The summed E-state index contributed by atoms with van der Waals surface area (Å²) in [5.74, 6) is -0.440. The molecule has 2 aliphatic heterocycles. The van der Waals surface area contributed by atoms with Gasteiger partial charge in [0, 0.05) is 36.7 Å². The third-order valence-corrected chi connectivity index (χ3v) is 8.37. The molecule has 7 heteroatoms. The van der Waals surface area contributed by atoms with Gasteiger partial charge in [-0.15, -0.1) is 0 Å². The monoisotopic (exact) mass is 653 g/mol. The molecule has 0 saturated carbocycles. The molecule has 0 aliphatic carbocycles. The van der Waals surface area contributed by atoms with Crippen molar-refractivity contribution in [3.05, 3.63) is 147 Å². The van der Waals surface area contributed by atoms with Crippen LogP contribution in [0.4, 0.5) is 0 Å². The Kier molecular flexibility index (Phi) is 11.2. The van der Waals surface area contributed by atoms with Crippen LogP contribution in [0, 0.1) is 0 Å². The van der Waals surface area contributed by atoms with Gasteiger partial charge in [0.05, 0.1) is 13.2 Å². The zero-order valence-electron chi connectivity index (χ0n) is 25.4. The molecule has 6 rings (SSSR count). The summed E-state index contributed by atoms with van der Waals surface area (Å²) < 4.78 is 13.4. The average molecular weight is 655 g/mol. The Hall–Kier alpha value is -3.59. The Balaban J connectivity index is 0.000000177. The van der Waals surface area contributed by atoms with Gasteiger partial charge in [-0.2, -0.15) is 0 Å². The number of likely N-dealkylation sites (N-methyl/N-ethyl adjacent to an activating group) is 2. The maximum Gasteiger partial charge on any atom is 0.241 e. The number of rotatable bonds is 4. The van der Waals surface area contributed by atoms with E-state index in [4.69, 9.17) is 15.2 Å². The van der Waals surface area contributed by atoms with Gasteiger partial charge in [0.1, 0.15) is 12.2 Å². The highest BCUT2D eigenvalue weighted by molar-refractivity contribution is 9.10. The fourth-order valence-corrected chi connectivity index (χ4v) is 6.06. The van der Waals surface area contributed by atoms with E-state index in [1.165, 1.54) is 33.9 Å². The molecule has 1 amide bonds. The lowest BCUT2D eigenvalue weighted by Crippen LogP contribution is -2.27. The first-order valence-corrected chi connectivity index (χ1v) is 15.8. The van der Waals surface area contributed by atoms with Gasteiger partial charge in [-0.1, -0.05) is 101 Å². The SMILES string of the molecule is CN1CCOC(c2ccccc2)c2ccc(/C=C/C(N)=O)cc2C1.CN1CCOC(c2ccccc2)c2ccc(Br)cc2C1. The minimum Gasteiger partial charge on any atom is -0.367 e. The van der Waals surface area contributed by atoms with Crippen molar-refractivity contribution in [2.75, 3.05) is 40.4 Å². The standard InChI is InChI=1S/C20H22N2O2.C17H18BrNO/c1-22-11-12-24-20(16-5-3-2-4-6-16)18-9-7-15(8-10-19(21)23)13-17(18)14-22;1-19-9-10-20-17(13-5-3-2-4-6-13)16-8-7-15(18)11-14(16)12-19/h2-10,13,20H,11-12,14H2,1H3,(H2,21,23);2-8,11,17H,9-10,12H2,1H3/b10-8+;. The third kappa shape index (κ3) is 8.52. The maximum absolute atomic E-state index is 11.0. The van der Waals surface area contributed by atoms with Crippen LogP contribution in [0.2, 0.25) is 0 Å². The summed E-state index contributed by atoms with van der Waals surface area (Å²) in [5, 5.41) is 0. The highest BCUT2D eigenvalue weighted by Gasteiger charge is 2.23. The molecule has 2 N–H and O–H groups in total. The van der Waals surface area contributed by atoms with Gasteiger partial charge in [0.15, 0.2) is 0 Å².